The van der Waals surface area contributed by atoms with Crippen molar-refractivity contribution in [3.63, 3.8) is 0 Å². The first-order chi connectivity index (χ1) is 26.0. The first kappa shape index (κ1) is 23.8. The number of hydrogen-bond donors (Lipinski definition) is 0. The minimum atomic E-state index is -0.0890. The van der Waals surface area contributed by atoms with Crippen molar-refractivity contribution in [3.05, 3.63) is 182 Å². The van der Waals surface area contributed by atoms with E-state index in [-0.39, 0.29) is 29.7 Å². The summed E-state index contributed by atoms with van der Waals surface area (Å²) in [5.41, 5.74) is 7.32. The van der Waals surface area contributed by atoms with Crippen LogP contribution in [0.25, 0.3) is 98.8 Å². The third kappa shape index (κ3) is 4.40. The highest BCUT2D eigenvalue weighted by Gasteiger charge is 2.18. The molecular weight excluding hydrogens is 593 g/mol. The van der Waals surface area contributed by atoms with Gasteiger partial charge in [-0.15, -0.1) is 0 Å². The van der Waals surface area contributed by atoms with Crippen LogP contribution >= 0.6 is 0 Å². The molecule has 10 aromatic rings. The smallest absolute Gasteiger partial charge is 0.143 e. The van der Waals surface area contributed by atoms with Crippen LogP contribution in [0.5, 0.6) is 0 Å². The van der Waals surface area contributed by atoms with Gasteiger partial charge in [-0.3, -0.25) is 0 Å². The van der Waals surface area contributed by atoms with Gasteiger partial charge in [-0.25, -0.2) is 0 Å². The van der Waals surface area contributed by atoms with Crippen molar-refractivity contribution in [2.75, 3.05) is 0 Å². The van der Waals surface area contributed by atoms with Gasteiger partial charge in [-0.1, -0.05) is 170 Å². The summed E-state index contributed by atoms with van der Waals surface area (Å²) in [6, 6.07) is 52.4. The van der Waals surface area contributed by atoms with Crippen LogP contribution in [0.15, 0.2) is 186 Å². The standard InChI is InChI=1S/C48H30O/c1-2-13-33(14-3-1)45-39-16-6-8-18-41(39)46(42-19-9-7-17-40(42)45)34-27-25-32(26-28-34)37-20-11-23-44-47(37)43-22-10-21-38(48(43)49-44)36-29-24-31-12-4-5-15-35(31)30-36/h1-30H/i25D,26D,27D,28D. The average Bonchev–Trinajstić information content (AvgIpc) is 3.60. The first-order valence-electron chi connectivity index (χ1n) is 18.5. The Morgan fingerprint density at radius 2 is 0.918 bits per heavy atom. The van der Waals surface area contributed by atoms with Crippen LogP contribution in [0.2, 0.25) is 0 Å². The molecule has 0 saturated carbocycles. The quantitative estimate of drug-likeness (QED) is 0.177. The largest absolute Gasteiger partial charge is 0.455 e. The molecule has 9 aromatic carbocycles. The van der Waals surface area contributed by atoms with E-state index >= 15 is 0 Å². The highest BCUT2D eigenvalue weighted by Crippen LogP contribution is 2.45. The summed E-state index contributed by atoms with van der Waals surface area (Å²) in [6.07, 6.45) is 0. The monoisotopic (exact) mass is 626 g/mol. The zero-order chi connectivity index (χ0) is 35.8. The Morgan fingerprint density at radius 3 is 1.63 bits per heavy atom. The molecule has 0 radical (unpaired) electrons. The number of furan rings is 1. The Kier molecular flexibility index (Phi) is 5.38. The van der Waals surface area contributed by atoms with Crippen LogP contribution in [-0.4, -0.2) is 0 Å². The molecule has 1 nitrogen and oxygen atoms in total. The topological polar surface area (TPSA) is 13.1 Å². The molecular formula is C48H30O. The Bertz CT molecular complexity index is 3020. The van der Waals surface area contributed by atoms with E-state index in [1.54, 1.807) is 0 Å². The Hall–Kier alpha value is -6.44. The molecule has 1 heterocycles. The molecule has 0 amide bonds. The molecule has 0 saturated heterocycles. The molecule has 0 spiro atoms. The van der Waals surface area contributed by atoms with Crippen molar-refractivity contribution in [1.82, 2.24) is 0 Å². The van der Waals surface area contributed by atoms with E-state index in [2.05, 4.69) is 60.7 Å². The second-order valence-corrected chi connectivity index (χ2v) is 12.5. The molecule has 0 aliphatic carbocycles. The van der Waals surface area contributed by atoms with Gasteiger partial charge >= 0.3 is 0 Å². The van der Waals surface area contributed by atoms with Crippen molar-refractivity contribution < 1.29 is 9.90 Å². The summed E-state index contributed by atoms with van der Waals surface area (Å²) in [5.74, 6) is 0. The van der Waals surface area contributed by atoms with Gasteiger partial charge in [0.05, 0.1) is 5.48 Å². The van der Waals surface area contributed by atoms with E-state index in [1.807, 2.05) is 97.1 Å². The lowest BCUT2D eigenvalue weighted by atomic mass is 9.85. The van der Waals surface area contributed by atoms with E-state index in [0.29, 0.717) is 27.9 Å². The molecule has 0 unspecified atom stereocenters. The molecule has 0 N–H and O–H groups in total. The fourth-order valence-electron chi connectivity index (χ4n) is 7.53. The van der Waals surface area contributed by atoms with E-state index < -0.39 is 0 Å². The average molecular weight is 627 g/mol. The molecule has 228 valence electrons. The summed E-state index contributed by atoms with van der Waals surface area (Å²) < 4.78 is 44.7. The number of para-hydroxylation sites is 1. The summed E-state index contributed by atoms with van der Waals surface area (Å²) >= 11 is 0. The number of benzene rings is 9. The highest BCUT2D eigenvalue weighted by atomic mass is 16.3. The maximum atomic E-state index is 9.56. The third-order valence-corrected chi connectivity index (χ3v) is 9.72. The van der Waals surface area contributed by atoms with Gasteiger partial charge in [0.2, 0.25) is 0 Å². The number of rotatable bonds is 4. The molecule has 0 aliphatic heterocycles. The molecule has 0 bridgehead atoms. The predicted octanol–water partition coefficient (Wildman–Crippen LogP) is 13.7. The number of hydrogen-bond acceptors (Lipinski definition) is 1. The maximum Gasteiger partial charge on any atom is 0.143 e. The Morgan fingerprint density at radius 1 is 0.367 bits per heavy atom. The van der Waals surface area contributed by atoms with Crippen molar-refractivity contribution in [2.45, 2.75) is 0 Å². The summed E-state index contributed by atoms with van der Waals surface area (Å²) in [7, 11) is 0. The molecule has 0 aliphatic rings. The van der Waals surface area contributed by atoms with Gasteiger partial charge in [-0.05, 0) is 83.4 Å². The summed E-state index contributed by atoms with van der Waals surface area (Å²) in [6.45, 7) is 0. The molecule has 10 rings (SSSR count). The molecule has 1 aromatic heterocycles. The Labute approximate surface area is 289 Å². The maximum absolute atomic E-state index is 9.56. The van der Waals surface area contributed by atoms with Gasteiger partial charge in [-0.2, -0.15) is 0 Å². The van der Waals surface area contributed by atoms with Crippen molar-refractivity contribution in [2.24, 2.45) is 0 Å². The van der Waals surface area contributed by atoms with Crippen molar-refractivity contribution >= 4 is 54.3 Å². The van der Waals surface area contributed by atoms with Crippen LogP contribution in [0.1, 0.15) is 5.48 Å². The van der Waals surface area contributed by atoms with Crippen LogP contribution in [0, 0.1) is 0 Å². The fraction of sp³-hybridized carbons (Fsp3) is 0. The zero-order valence-electron chi connectivity index (χ0n) is 30.4. The van der Waals surface area contributed by atoms with E-state index in [9.17, 15) is 5.48 Å². The van der Waals surface area contributed by atoms with E-state index in [1.165, 1.54) is 0 Å². The van der Waals surface area contributed by atoms with Gasteiger partial charge < -0.3 is 4.42 Å². The normalized spacial score (nSPS) is 12.8. The minimum Gasteiger partial charge on any atom is -0.455 e. The van der Waals surface area contributed by atoms with Gasteiger partial charge in [0.15, 0.2) is 0 Å². The van der Waals surface area contributed by atoms with Crippen LogP contribution in [0.4, 0.5) is 0 Å². The number of fused-ring (bicyclic) bond motifs is 6. The highest BCUT2D eigenvalue weighted by molar-refractivity contribution is 6.21. The lowest BCUT2D eigenvalue weighted by Gasteiger charge is -2.18. The van der Waals surface area contributed by atoms with Crippen LogP contribution in [-0.2, 0) is 0 Å². The molecule has 0 fully saturated rings. The van der Waals surface area contributed by atoms with Gasteiger partial charge in [0, 0.05) is 16.3 Å². The first-order valence-corrected chi connectivity index (χ1v) is 16.5. The summed E-state index contributed by atoms with van der Waals surface area (Å²) in [5, 5.41) is 7.66. The van der Waals surface area contributed by atoms with Crippen molar-refractivity contribution in [3.8, 4) is 44.5 Å². The lowest BCUT2D eigenvalue weighted by molar-refractivity contribution is 0.670. The second-order valence-electron chi connectivity index (χ2n) is 12.5. The van der Waals surface area contributed by atoms with E-state index in [4.69, 9.17) is 4.42 Å². The Balaban J connectivity index is 1.22. The summed E-state index contributed by atoms with van der Waals surface area (Å²) in [4.78, 5) is 0. The molecule has 0 atom stereocenters. The third-order valence-electron chi connectivity index (χ3n) is 9.72. The van der Waals surface area contributed by atoms with E-state index in [0.717, 1.165) is 65.3 Å². The van der Waals surface area contributed by atoms with Crippen LogP contribution < -0.4 is 0 Å². The second kappa shape index (κ2) is 11.1. The van der Waals surface area contributed by atoms with Crippen LogP contribution in [0.3, 0.4) is 0 Å². The predicted molar refractivity (Wildman–Crippen MR) is 208 cm³/mol. The minimum absolute atomic E-state index is 0.0783. The zero-order valence-corrected chi connectivity index (χ0v) is 26.4. The fourth-order valence-corrected chi connectivity index (χ4v) is 7.53. The van der Waals surface area contributed by atoms with Gasteiger partial charge in [0.1, 0.15) is 11.2 Å². The van der Waals surface area contributed by atoms with Gasteiger partial charge in [0.25, 0.3) is 0 Å². The lowest BCUT2D eigenvalue weighted by Crippen LogP contribution is -1.90. The molecule has 1 heteroatoms. The van der Waals surface area contributed by atoms with Crippen molar-refractivity contribution in [1.29, 1.82) is 0 Å². The molecule has 49 heavy (non-hydrogen) atoms. The SMILES string of the molecule is [2H]c1c([2H])c(-c2cccc3oc4c(-c5ccc6ccccc6c5)cccc4c23)c([2H])c([2H])c1-c1c2ccccc2c(-c2ccccc2)c2ccccc12.